The predicted octanol–water partition coefficient (Wildman–Crippen LogP) is 2.34. The number of thiocarbonyl (C=S) groups is 1. The van der Waals surface area contributed by atoms with Gasteiger partial charge in [-0.05, 0) is 40.2 Å². The molecule has 0 radical (unpaired) electrons. The van der Waals surface area contributed by atoms with E-state index in [1.807, 2.05) is 0 Å². The first-order chi connectivity index (χ1) is 8.90. The lowest BCUT2D eigenvalue weighted by molar-refractivity contribution is 0.603. The number of pyridine rings is 1. The van der Waals surface area contributed by atoms with Gasteiger partial charge in [0.1, 0.15) is 9.20 Å². The predicted molar refractivity (Wildman–Crippen MR) is 83.0 cm³/mol. The fourth-order valence-electron chi connectivity index (χ4n) is 1.24. The highest BCUT2D eigenvalue weighted by molar-refractivity contribution is 9.10. The van der Waals surface area contributed by atoms with Crippen LogP contribution in [0.3, 0.4) is 0 Å². The van der Waals surface area contributed by atoms with E-state index in [9.17, 15) is 8.42 Å². The lowest BCUT2D eigenvalue weighted by Gasteiger charge is -2.06. The van der Waals surface area contributed by atoms with Crippen LogP contribution < -0.4 is 10.5 Å². The van der Waals surface area contributed by atoms with E-state index in [0.29, 0.717) is 9.35 Å². The number of thiophene rings is 1. The molecule has 0 saturated carbocycles. The average molecular weight is 378 g/mol. The Hall–Kier alpha value is -1.03. The first-order valence-electron chi connectivity index (χ1n) is 4.93. The van der Waals surface area contributed by atoms with Crippen molar-refractivity contribution in [3.05, 3.63) is 39.8 Å². The summed E-state index contributed by atoms with van der Waals surface area (Å²) in [6, 6.07) is 6.42. The molecule has 0 aromatic carbocycles. The van der Waals surface area contributed by atoms with Crippen LogP contribution in [-0.2, 0) is 10.0 Å². The minimum atomic E-state index is -3.69. The van der Waals surface area contributed by atoms with E-state index in [1.54, 1.807) is 18.2 Å². The van der Waals surface area contributed by atoms with Gasteiger partial charge in [0.15, 0.2) is 5.82 Å². The van der Waals surface area contributed by atoms with Gasteiger partial charge in [0.25, 0.3) is 10.0 Å². The smallest absolute Gasteiger partial charge is 0.272 e. The van der Waals surface area contributed by atoms with Gasteiger partial charge in [-0.25, -0.2) is 13.4 Å². The van der Waals surface area contributed by atoms with E-state index in [4.69, 9.17) is 18.0 Å². The van der Waals surface area contributed by atoms with Gasteiger partial charge in [0.2, 0.25) is 0 Å². The third-order valence-electron chi connectivity index (χ3n) is 2.08. The normalized spacial score (nSPS) is 11.2. The molecule has 0 aliphatic heterocycles. The van der Waals surface area contributed by atoms with Crippen LogP contribution in [0.1, 0.15) is 4.88 Å². The lowest BCUT2D eigenvalue weighted by Crippen LogP contribution is -2.13. The summed E-state index contributed by atoms with van der Waals surface area (Å²) in [6.07, 6.45) is 1.50. The van der Waals surface area contributed by atoms with Gasteiger partial charge in [-0.2, -0.15) is 0 Å². The maximum Gasteiger partial charge on any atom is 0.272 e. The Bertz CT molecular complexity index is 727. The first-order valence-corrected chi connectivity index (χ1v) is 8.43. The molecule has 2 aromatic rings. The number of nitrogens with two attached hydrogens (primary N) is 1. The zero-order valence-corrected chi connectivity index (χ0v) is 13.4. The van der Waals surface area contributed by atoms with Crippen molar-refractivity contribution in [1.29, 1.82) is 0 Å². The number of sulfonamides is 1. The van der Waals surface area contributed by atoms with Crippen LogP contribution in [0, 0.1) is 0 Å². The van der Waals surface area contributed by atoms with E-state index in [1.165, 1.54) is 12.3 Å². The summed E-state index contributed by atoms with van der Waals surface area (Å²) in [5, 5.41) is 0. The Morgan fingerprint density at radius 2 is 2.16 bits per heavy atom. The topological polar surface area (TPSA) is 85.1 Å². The molecule has 9 heteroatoms. The van der Waals surface area contributed by atoms with Gasteiger partial charge in [-0.15, -0.1) is 11.3 Å². The maximum absolute atomic E-state index is 12.1. The zero-order valence-electron chi connectivity index (χ0n) is 9.33. The molecule has 0 spiro atoms. The van der Waals surface area contributed by atoms with Crippen molar-refractivity contribution in [3.63, 3.8) is 0 Å². The second-order valence-electron chi connectivity index (χ2n) is 3.42. The Kier molecular flexibility index (Phi) is 4.19. The molecule has 2 rings (SSSR count). The number of rotatable bonds is 4. The van der Waals surface area contributed by atoms with Gasteiger partial charge in [0.05, 0.1) is 9.35 Å². The van der Waals surface area contributed by atoms with Crippen molar-refractivity contribution in [2.75, 3.05) is 4.72 Å². The average Bonchev–Trinajstić information content (AvgIpc) is 2.82. The number of nitrogens with zero attached hydrogens (tertiary/aromatic N) is 1. The SMILES string of the molecule is NC(=S)c1ccc(S(=O)(=O)Nc2ncccc2Br)s1. The molecule has 0 atom stereocenters. The van der Waals surface area contributed by atoms with Gasteiger partial charge >= 0.3 is 0 Å². The monoisotopic (exact) mass is 377 g/mol. The van der Waals surface area contributed by atoms with E-state index in [-0.39, 0.29) is 15.0 Å². The fourth-order valence-corrected chi connectivity index (χ4v) is 4.10. The third-order valence-corrected chi connectivity index (χ3v) is 6.02. The molecule has 0 aliphatic carbocycles. The number of anilines is 1. The summed E-state index contributed by atoms with van der Waals surface area (Å²) in [5.41, 5.74) is 5.45. The van der Waals surface area contributed by atoms with Crippen molar-refractivity contribution >= 4 is 60.3 Å². The van der Waals surface area contributed by atoms with Crippen LogP contribution in [0.4, 0.5) is 5.82 Å². The molecule has 5 nitrogen and oxygen atoms in total. The highest BCUT2D eigenvalue weighted by atomic mass is 79.9. The first kappa shape index (κ1) is 14.4. The summed E-state index contributed by atoms with van der Waals surface area (Å²) < 4.78 is 27.4. The minimum absolute atomic E-state index is 0.132. The molecule has 0 bridgehead atoms. The van der Waals surface area contributed by atoms with Crippen molar-refractivity contribution in [2.24, 2.45) is 5.73 Å². The van der Waals surface area contributed by atoms with Gasteiger partial charge in [-0.3, -0.25) is 4.72 Å². The second kappa shape index (κ2) is 5.53. The Morgan fingerprint density at radius 1 is 1.42 bits per heavy atom. The molecule has 0 fully saturated rings. The summed E-state index contributed by atoms with van der Waals surface area (Å²) in [7, 11) is -3.69. The van der Waals surface area contributed by atoms with E-state index in [2.05, 4.69) is 25.6 Å². The lowest BCUT2D eigenvalue weighted by atomic mass is 10.5. The van der Waals surface area contributed by atoms with Crippen LogP contribution in [0.25, 0.3) is 0 Å². The minimum Gasteiger partial charge on any atom is -0.389 e. The van der Waals surface area contributed by atoms with Crippen LogP contribution in [0.5, 0.6) is 0 Å². The van der Waals surface area contributed by atoms with Crippen molar-refractivity contribution < 1.29 is 8.42 Å². The molecule has 19 heavy (non-hydrogen) atoms. The van der Waals surface area contributed by atoms with Crippen molar-refractivity contribution in [2.45, 2.75) is 4.21 Å². The molecule has 2 heterocycles. The Balaban J connectivity index is 2.32. The Morgan fingerprint density at radius 3 is 2.74 bits per heavy atom. The Labute approximate surface area is 128 Å². The van der Waals surface area contributed by atoms with E-state index in [0.717, 1.165) is 11.3 Å². The summed E-state index contributed by atoms with van der Waals surface area (Å²) in [6.45, 7) is 0. The van der Waals surface area contributed by atoms with E-state index >= 15 is 0 Å². The largest absolute Gasteiger partial charge is 0.389 e. The molecular weight excluding hydrogens is 370 g/mol. The number of hydrogen-bond donors (Lipinski definition) is 2. The van der Waals surface area contributed by atoms with E-state index < -0.39 is 10.0 Å². The molecule has 2 aromatic heterocycles. The highest BCUT2D eigenvalue weighted by Crippen LogP contribution is 2.26. The molecule has 3 N–H and O–H groups in total. The zero-order chi connectivity index (χ0) is 14.0. The van der Waals surface area contributed by atoms with Crippen molar-refractivity contribution in [3.8, 4) is 0 Å². The summed E-state index contributed by atoms with van der Waals surface area (Å²) >= 11 is 9.04. The number of aromatic nitrogens is 1. The second-order valence-corrected chi connectivity index (χ2v) is 7.71. The summed E-state index contributed by atoms with van der Waals surface area (Å²) in [4.78, 5) is 4.67. The number of halogens is 1. The molecule has 0 unspecified atom stereocenters. The number of hydrogen-bond acceptors (Lipinski definition) is 5. The van der Waals surface area contributed by atoms with Crippen LogP contribution in [-0.4, -0.2) is 18.4 Å². The fraction of sp³-hybridized carbons (Fsp3) is 0. The maximum atomic E-state index is 12.1. The number of nitrogens with one attached hydrogen (secondary N) is 1. The van der Waals surface area contributed by atoms with Gasteiger partial charge in [0, 0.05) is 6.20 Å². The molecular formula is C10H8BrN3O2S3. The molecule has 0 aliphatic rings. The third kappa shape index (κ3) is 3.30. The standard InChI is InChI=1S/C10H8BrN3O2S3/c11-6-2-1-5-13-10(6)14-19(15,16)8-4-3-7(18-8)9(12)17/h1-5H,(H2,12,17)(H,13,14). The highest BCUT2D eigenvalue weighted by Gasteiger charge is 2.19. The van der Waals surface area contributed by atoms with Crippen LogP contribution in [0.15, 0.2) is 39.1 Å². The van der Waals surface area contributed by atoms with Crippen LogP contribution in [0.2, 0.25) is 0 Å². The van der Waals surface area contributed by atoms with Crippen LogP contribution >= 0.6 is 39.5 Å². The molecule has 0 saturated heterocycles. The summed E-state index contributed by atoms with van der Waals surface area (Å²) in [5.74, 6) is 0.229. The van der Waals surface area contributed by atoms with Gasteiger partial charge in [-0.1, -0.05) is 12.2 Å². The quantitative estimate of drug-likeness (QED) is 0.798. The molecule has 0 amide bonds. The van der Waals surface area contributed by atoms with Gasteiger partial charge < -0.3 is 5.73 Å². The molecule has 100 valence electrons. The van der Waals surface area contributed by atoms with Crippen molar-refractivity contribution in [1.82, 2.24) is 4.98 Å².